The highest BCUT2D eigenvalue weighted by atomic mass is 35.5. The summed E-state index contributed by atoms with van der Waals surface area (Å²) < 4.78 is 0. The van der Waals surface area contributed by atoms with Gasteiger partial charge in [0.2, 0.25) is 5.91 Å². The van der Waals surface area contributed by atoms with Crippen LogP contribution in [0.15, 0.2) is 24.3 Å². The fraction of sp³-hybridized carbons (Fsp3) is 0.385. The van der Waals surface area contributed by atoms with Crippen LogP contribution in [0.1, 0.15) is 16.8 Å². The predicted molar refractivity (Wildman–Crippen MR) is 71.1 cm³/mol. The van der Waals surface area contributed by atoms with E-state index in [4.69, 9.17) is 11.6 Å². The maximum Gasteiger partial charge on any atom is 0.253 e. The molecule has 1 unspecified atom stereocenters. The summed E-state index contributed by atoms with van der Waals surface area (Å²) in [7, 11) is 3.41. The molecule has 2 rings (SSSR count). The van der Waals surface area contributed by atoms with Gasteiger partial charge in [-0.25, -0.2) is 0 Å². The Balaban J connectivity index is 2.18. The van der Waals surface area contributed by atoms with Gasteiger partial charge in [0.05, 0.1) is 5.38 Å². The lowest BCUT2D eigenvalue weighted by atomic mass is 10.2. The lowest BCUT2D eigenvalue weighted by Crippen LogP contribution is -2.25. The quantitative estimate of drug-likeness (QED) is 0.765. The summed E-state index contributed by atoms with van der Waals surface area (Å²) in [6.07, 6.45) is 0.375. The number of carbonyl (C=O) groups is 2. The standard InChI is InChI=1S/C13H15ClN2O2/c1-15(2)13(18)9-3-5-11(6-4-9)16-8-10(14)7-12(16)17/h3-6,10H,7-8H2,1-2H3. The normalized spacial score (nSPS) is 19.2. The Kier molecular flexibility index (Phi) is 3.57. The summed E-state index contributed by atoms with van der Waals surface area (Å²) in [5, 5.41) is -0.124. The second-order valence-corrected chi connectivity index (χ2v) is 5.17. The zero-order valence-corrected chi connectivity index (χ0v) is 11.1. The second kappa shape index (κ2) is 4.98. The molecule has 1 aliphatic rings. The Hall–Kier alpha value is -1.55. The van der Waals surface area contributed by atoms with Gasteiger partial charge in [-0.3, -0.25) is 9.59 Å². The van der Waals surface area contributed by atoms with Gasteiger partial charge in [-0.1, -0.05) is 0 Å². The molecule has 1 atom stereocenters. The molecule has 96 valence electrons. The molecule has 0 aromatic heterocycles. The largest absolute Gasteiger partial charge is 0.345 e. The number of anilines is 1. The van der Waals surface area contributed by atoms with Crippen LogP contribution in [-0.2, 0) is 4.79 Å². The minimum atomic E-state index is -0.124. The van der Waals surface area contributed by atoms with Crippen LogP contribution in [-0.4, -0.2) is 42.7 Å². The van der Waals surface area contributed by atoms with Crippen LogP contribution < -0.4 is 4.90 Å². The first-order valence-corrected chi connectivity index (χ1v) is 6.19. The molecule has 0 N–H and O–H groups in total. The number of hydrogen-bond acceptors (Lipinski definition) is 2. The van der Waals surface area contributed by atoms with E-state index < -0.39 is 0 Å². The first-order valence-electron chi connectivity index (χ1n) is 5.75. The lowest BCUT2D eigenvalue weighted by Gasteiger charge is -2.16. The van der Waals surface area contributed by atoms with E-state index in [1.807, 2.05) is 0 Å². The van der Waals surface area contributed by atoms with E-state index in [0.29, 0.717) is 18.5 Å². The summed E-state index contributed by atoms with van der Waals surface area (Å²) in [5.41, 5.74) is 1.40. The van der Waals surface area contributed by atoms with Gasteiger partial charge in [-0.2, -0.15) is 0 Å². The van der Waals surface area contributed by atoms with Crippen LogP contribution in [0.4, 0.5) is 5.69 Å². The van der Waals surface area contributed by atoms with Crippen LogP contribution in [0.5, 0.6) is 0 Å². The van der Waals surface area contributed by atoms with Crippen molar-refractivity contribution in [2.75, 3.05) is 25.5 Å². The fourth-order valence-corrected chi connectivity index (χ4v) is 2.23. The maximum absolute atomic E-state index is 11.7. The molecule has 1 fully saturated rings. The molecule has 1 heterocycles. The van der Waals surface area contributed by atoms with E-state index in [2.05, 4.69) is 0 Å². The summed E-state index contributed by atoms with van der Waals surface area (Å²) >= 11 is 5.95. The molecule has 5 heteroatoms. The number of carbonyl (C=O) groups excluding carboxylic acids is 2. The highest BCUT2D eigenvalue weighted by Gasteiger charge is 2.29. The fourth-order valence-electron chi connectivity index (χ4n) is 1.96. The van der Waals surface area contributed by atoms with Crippen molar-refractivity contribution in [3.05, 3.63) is 29.8 Å². The minimum absolute atomic E-state index is 0.0293. The lowest BCUT2D eigenvalue weighted by molar-refractivity contribution is -0.117. The summed E-state index contributed by atoms with van der Waals surface area (Å²) in [6, 6.07) is 7.02. The van der Waals surface area contributed by atoms with E-state index >= 15 is 0 Å². The van der Waals surface area contributed by atoms with E-state index in [1.165, 1.54) is 4.90 Å². The number of nitrogens with zero attached hydrogens (tertiary/aromatic N) is 2. The van der Waals surface area contributed by atoms with Crippen LogP contribution in [0.2, 0.25) is 0 Å². The van der Waals surface area contributed by atoms with Crippen molar-refractivity contribution >= 4 is 29.1 Å². The van der Waals surface area contributed by atoms with Gasteiger partial charge in [-0.15, -0.1) is 11.6 Å². The van der Waals surface area contributed by atoms with E-state index in [1.54, 1.807) is 43.3 Å². The summed E-state index contributed by atoms with van der Waals surface area (Å²) in [6.45, 7) is 0.529. The number of rotatable bonds is 2. The summed E-state index contributed by atoms with van der Waals surface area (Å²) in [5.74, 6) is -0.0220. The molecule has 18 heavy (non-hydrogen) atoms. The highest BCUT2D eigenvalue weighted by molar-refractivity contribution is 6.24. The molecule has 0 spiro atoms. The van der Waals surface area contributed by atoms with E-state index in [9.17, 15) is 9.59 Å². The van der Waals surface area contributed by atoms with Gasteiger partial charge in [0, 0.05) is 38.3 Å². The number of halogens is 1. The molecular weight excluding hydrogens is 252 g/mol. The van der Waals surface area contributed by atoms with Gasteiger partial charge in [0.1, 0.15) is 0 Å². The van der Waals surface area contributed by atoms with Crippen molar-refractivity contribution in [3.63, 3.8) is 0 Å². The Morgan fingerprint density at radius 2 is 1.94 bits per heavy atom. The third-order valence-corrected chi connectivity index (χ3v) is 3.20. The van der Waals surface area contributed by atoms with E-state index in [0.717, 1.165) is 5.69 Å². The summed E-state index contributed by atoms with van der Waals surface area (Å²) in [4.78, 5) is 26.6. The average molecular weight is 267 g/mol. The van der Waals surface area contributed by atoms with Crippen LogP contribution in [0.25, 0.3) is 0 Å². The monoisotopic (exact) mass is 266 g/mol. The Morgan fingerprint density at radius 3 is 2.39 bits per heavy atom. The second-order valence-electron chi connectivity index (χ2n) is 4.55. The third kappa shape index (κ3) is 2.48. The number of amides is 2. The van der Waals surface area contributed by atoms with Gasteiger partial charge in [0.15, 0.2) is 0 Å². The van der Waals surface area contributed by atoms with Crippen molar-refractivity contribution in [3.8, 4) is 0 Å². The number of alkyl halides is 1. The zero-order chi connectivity index (χ0) is 13.3. The molecule has 0 bridgehead atoms. The van der Waals surface area contributed by atoms with Crippen molar-refractivity contribution in [2.24, 2.45) is 0 Å². The predicted octanol–water partition coefficient (Wildman–Crippen LogP) is 1.73. The highest BCUT2D eigenvalue weighted by Crippen LogP contribution is 2.24. The molecule has 1 saturated heterocycles. The number of benzene rings is 1. The number of hydrogen-bond donors (Lipinski definition) is 0. The SMILES string of the molecule is CN(C)C(=O)c1ccc(N2CC(Cl)CC2=O)cc1. The zero-order valence-electron chi connectivity index (χ0n) is 10.4. The molecule has 2 amide bonds. The van der Waals surface area contributed by atoms with Crippen molar-refractivity contribution in [1.82, 2.24) is 4.90 Å². The molecule has 0 radical (unpaired) electrons. The molecule has 4 nitrogen and oxygen atoms in total. The molecule has 1 aromatic carbocycles. The smallest absolute Gasteiger partial charge is 0.253 e. The molecular formula is C13H15ClN2O2. The van der Waals surface area contributed by atoms with Crippen molar-refractivity contribution < 1.29 is 9.59 Å². The van der Waals surface area contributed by atoms with Gasteiger partial charge >= 0.3 is 0 Å². The molecule has 0 saturated carbocycles. The van der Waals surface area contributed by atoms with Crippen molar-refractivity contribution in [2.45, 2.75) is 11.8 Å². The van der Waals surface area contributed by atoms with Crippen LogP contribution in [0.3, 0.4) is 0 Å². The van der Waals surface area contributed by atoms with Gasteiger partial charge in [0.25, 0.3) is 5.91 Å². The molecule has 0 aliphatic carbocycles. The maximum atomic E-state index is 11.7. The van der Waals surface area contributed by atoms with Crippen LogP contribution >= 0.6 is 11.6 Å². The Labute approximate surface area is 111 Å². The average Bonchev–Trinajstić information content (AvgIpc) is 2.67. The minimum Gasteiger partial charge on any atom is -0.345 e. The van der Waals surface area contributed by atoms with Crippen LogP contribution in [0, 0.1) is 0 Å². The van der Waals surface area contributed by atoms with Crippen molar-refractivity contribution in [1.29, 1.82) is 0 Å². The molecule has 1 aliphatic heterocycles. The van der Waals surface area contributed by atoms with Gasteiger partial charge < -0.3 is 9.80 Å². The first kappa shape index (κ1) is 12.9. The van der Waals surface area contributed by atoms with Gasteiger partial charge in [-0.05, 0) is 24.3 Å². The third-order valence-electron chi connectivity index (χ3n) is 2.91. The molecule has 1 aromatic rings. The van der Waals surface area contributed by atoms with E-state index in [-0.39, 0.29) is 17.2 Å². The Morgan fingerprint density at radius 1 is 1.33 bits per heavy atom. The topological polar surface area (TPSA) is 40.6 Å². The first-order chi connectivity index (χ1) is 8.49. The Bertz CT molecular complexity index is 470.